The Labute approximate surface area is 282 Å². The fraction of sp³-hybridized carbons (Fsp3) is 0.706. The number of carbonyl (C=O) groups excluding carboxylic acids is 2. The maximum absolute atomic E-state index is 12.1. The summed E-state index contributed by atoms with van der Waals surface area (Å²) in [7, 11) is 0. The first-order valence-electron chi connectivity index (χ1n) is 16.1. The Morgan fingerprint density at radius 1 is 0.911 bits per heavy atom. The Kier molecular flexibility index (Phi) is 22.2. The molecule has 1 aromatic rings. The average molecular weight is 674 g/mol. The van der Waals surface area contributed by atoms with Crippen molar-refractivity contribution in [2.45, 2.75) is 54.0 Å². The molecule has 9 nitrogen and oxygen atoms in total. The number of hydrogen-bond acceptors (Lipinski definition) is 7. The number of halogens is 2. The second-order valence-corrected chi connectivity index (χ2v) is 13.2. The highest BCUT2D eigenvalue weighted by atomic mass is 35.5. The summed E-state index contributed by atoms with van der Waals surface area (Å²) in [6.07, 6.45) is 1.89. The topological polar surface area (TPSA) is 101 Å². The number of rotatable bonds is 27. The van der Waals surface area contributed by atoms with Crippen molar-refractivity contribution in [3.8, 4) is 0 Å². The van der Waals surface area contributed by atoms with Gasteiger partial charge in [-0.2, -0.15) is 0 Å². The van der Waals surface area contributed by atoms with Gasteiger partial charge in [0, 0.05) is 62.4 Å². The summed E-state index contributed by atoms with van der Waals surface area (Å²) in [6.45, 7) is 20.8. The minimum absolute atomic E-state index is 0.00792. The van der Waals surface area contributed by atoms with Crippen LogP contribution in [0.5, 0.6) is 0 Å². The predicted molar refractivity (Wildman–Crippen MR) is 186 cm³/mol. The highest BCUT2D eigenvalue weighted by Crippen LogP contribution is 2.22. The van der Waals surface area contributed by atoms with Crippen LogP contribution in [0.1, 0.15) is 53.0 Å². The van der Waals surface area contributed by atoms with Crippen molar-refractivity contribution in [1.82, 2.24) is 16.0 Å². The number of alkyl halides is 2. The molecule has 0 aliphatic heterocycles. The molecule has 2 unspecified atom stereocenters. The Bertz CT molecular complexity index is 958. The quantitative estimate of drug-likeness (QED) is 0.0687. The molecule has 0 saturated carbocycles. The van der Waals surface area contributed by atoms with Gasteiger partial charge in [-0.25, -0.2) is 0 Å². The van der Waals surface area contributed by atoms with Crippen LogP contribution in [0.15, 0.2) is 36.4 Å². The molecule has 11 heteroatoms. The Balaban J connectivity index is 2.12. The van der Waals surface area contributed by atoms with Crippen molar-refractivity contribution in [2.75, 3.05) is 89.0 Å². The van der Waals surface area contributed by atoms with E-state index < -0.39 is 0 Å². The third kappa shape index (κ3) is 20.1. The standard InChI is InChI=1S/C34H58Cl2N4O5/c1-27(2)33(42)39-17-20-43-21-22-44-25-32(41)38-16-12-34(5,6)26-45-24-29(4)28(3)11-15-37-23-30-7-9-31(10-8-30)40(18-13-35)19-14-36/h7-10,28-29,37H,1,11-26H2,2-6H3,(H,38,41)(H,39,42). The predicted octanol–water partition coefficient (Wildman–Crippen LogP) is 5.00. The molecule has 0 aliphatic carbocycles. The molecule has 0 fully saturated rings. The van der Waals surface area contributed by atoms with E-state index >= 15 is 0 Å². The number of hydrogen-bond donors (Lipinski definition) is 3. The second-order valence-electron chi connectivity index (χ2n) is 12.4. The lowest BCUT2D eigenvalue weighted by atomic mass is 9.90. The van der Waals surface area contributed by atoms with Crippen LogP contribution in [-0.4, -0.2) is 95.9 Å². The number of carbonyl (C=O) groups is 2. The van der Waals surface area contributed by atoms with Gasteiger partial charge in [-0.1, -0.05) is 46.4 Å². The molecule has 0 aliphatic rings. The minimum Gasteiger partial charge on any atom is -0.381 e. The van der Waals surface area contributed by atoms with Crippen molar-refractivity contribution >= 4 is 40.7 Å². The summed E-state index contributed by atoms with van der Waals surface area (Å²) in [5.41, 5.74) is 2.82. The van der Waals surface area contributed by atoms with Crippen LogP contribution >= 0.6 is 23.2 Å². The van der Waals surface area contributed by atoms with E-state index in [0.29, 0.717) is 68.7 Å². The molecule has 45 heavy (non-hydrogen) atoms. The molecular formula is C34H58Cl2N4O5. The van der Waals surface area contributed by atoms with E-state index in [1.807, 2.05) is 0 Å². The highest BCUT2D eigenvalue weighted by molar-refractivity contribution is 6.18. The number of ether oxygens (including phenoxy) is 3. The molecule has 0 spiro atoms. The third-order valence-corrected chi connectivity index (χ3v) is 7.95. The van der Waals surface area contributed by atoms with Crippen LogP contribution in [0.3, 0.4) is 0 Å². The average Bonchev–Trinajstić information content (AvgIpc) is 3.00. The maximum atomic E-state index is 12.1. The summed E-state index contributed by atoms with van der Waals surface area (Å²) < 4.78 is 16.8. The molecule has 0 saturated heterocycles. The van der Waals surface area contributed by atoms with Crippen LogP contribution in [0.25, 0.3) is 0 Å². The van der Waals surface area contributed by atoms with Crippen LogP contribution in [-0.2, 0) is 30.3 Å². The number of anilines is 1. The van der Waals surface area contributed by atoms with Gasteiger partial charge in [0.1, 0.15) is 6.61 Å². The van der Waals surface area contributed by atoms with Gasteiger partial charge in [0.15, 0.2) is 0 Å². The summed E-state index contributed by atoms with van der Waals surface area (Å²) in [5, 5.41) is 9.17. The van der Waals surface area contributed by atoms with Gasteiger partial charge in [-0.15, -0.1) is 23.2 Å². The summed E-state index contributed by atoms with van der Waals surface area (Å²) in [4.78, 5) is 25.7. The number of nitrogens with zero attached hydrogens (tertiary/aromatic N) is 1. The van der Waals surface area contributed by atoms with Crippen LogP contribution < -0.4 is 20.9 Å². The minimum atomic E-state index is -0.186. The molecule has 0 aromatic heterocycles. The molecule has 258 valence electrons. The fourth-order valence-corrected chi connectivity index (χ4v) is 4.77. The molecule has 3 N–H and O–H groups in total. The summed E-state index contributed by atoms with van der Waals surface area (Å²) >= 11 is 11.9. The summed E-state index contributed by atoms with van der Waals surface area (Å²) in [5.74, 6) is 1.82. The van der Waals surface area contributed by atoms with Gasteiger partial charge >= 0.3 is 0 Å². The zero-order valence-electron chi connectivity index (χ0n) is 28.2. The van der Waals surface area contributed by atoms with Gasteiger partial charge in [-0.05, 0) is 61.3 Å². The zero-order valence-corrected chi connectivity index (χ0v) is 29.7. The Hall–Kier alpha value is -1.88. The first-order chi connectivity index (χ1) is 21.5. The largest absolute Gasteiger partial charge is 0.381 e. The molecule has 0 bridgehead atoms. The van der Waals surface area contributed by atoms with Crippen molar-refractivity contribution in [3.63, 3.8) is 0 Å². The van der Waals surface area contributed by atoms with Crippen molar-refractivity contribution in [2.24, 2.45) is 17.3 Å². The molecule has 0 heterocycles. The van der Waals surface area contributed by atoms with E-state index in [0.717, 1.165) is 51.3 Å². The smallest absolute Gasteiger partial charge is 0.246 e. The lowest BCUT2D eigenvalue weighted by Crippen LogP contribution is -2.33. The van der Waals surface area contributed by atoms with E-state index in [1.54, 1.807) is 6.92 Å². The van der Waals surface area contributed by atoms with Gasteiger partial charge in [0.25, 0.3) is 0 Å². The van der Waals surface area contributed by atoms with Gasteiger partial charge in [0.05, 0.1) is 26.4 Å². The van der Waals surface area contributed by atoms with E-state index in [1.165, 1.54) is 5.56 Å². The fourth-order valence-electron chi connectivity index (χ4n) is 4.37. The number of amides is 2. The third-order valence-electron chi connectivity index (χ3n) is 7.61. The lowest BCUT2D eigenvalue weighted by molar-refractivity contribution is -0.126. The Morgan fingerprint density at radius 2 is 1.58 bits per heavy atom. The first kappa shape index (κ1) is 41.1. The highest BCUT2D eigenvalue weighted by Gasteiger charge is 2.20. The molecule has 2 amide bonds. The monoisotopic (exact) mass is 672 g/mol. The van der Waals surface area contributed by atoms with E-state index in [9.17, 15) is 9.59 Å². The van der Waals surface area contributed by atoms with Crippen molar-refractivity contribution < 1.29 is 23.8 Å². The normalized spacial score (nSPS) is 12.9. The van der Waals surface area contributed by atoms with Crippen LogP contribution in [0.4, 0.5) is 5.69 Å². The first-order valence-corrected chi connectivity index (χ1v) is 17.2. The second kappa shape index (κ2) is 24.3. The molecule has 1 rings (SSSR count). The molecular weight excluding hydrogens is 615 g/mol. The van der Waals surface area contributed by atoms with Gasteiger partial charge < -0.3 is 35.1 Å². The maximum Gasteiger partial charge on any atom is 0.246 e. The molecule has 0 radical (unpaired) electrons. The van der Waals surface area contributed by atoms with Crippen molar-refractivity contribution in [1.29, 1.82) is 0 Å². The van der Waals surface area contributed by atoms with E-state index in [4.69, 9.17) is 37.4 Å². The van der Waals surface area contributed by atoms with Crippen molar-refractivity contribution in [3.05, 3.63) is 42.0 Å². The zero-order chi connectivity index (χ0) is 33.5. The van der Waals surface area contributed by atoms with Crippen LogP contribution in [0, 0.1) is 17.3 Å². The number of nitrogens with one attached hydrogen (secondary N) is 3. The SMILES string of the molecule is C=C(C)C(=O)NCCOCCOCC(=O)NCCC(C)(C)COCC(C)C(C)CCNCc1ccc(N(CCCl)CCCl)cc1. The van der Waals surface area contributed by atoms with Gasteiger partial charge in [-0.3, -0.25) is 9.59 Å². The molecule has 2 atom stereocenters. The lowest BCUT2D eigenvalue weighted by Gasteiger charge is -2.27. The van der Waals surface area contributed by atoms with Gasteiger partial charge in [0.2, 0.25) is 11.8 Å². The summed E-state index contributed by atoms with van der Waals surface area (Å²) in [6, 6.07) is 8.60. The van der Waals surface area contributed by atoms with E-state index in [2.05, 4.69) is 79.4 Å². The number of benzene rings is 1. The molecule has 1 aromatic carbocycles. The van der Waals surface area contributed by atoms with E-state index in [-0.39, 0.29) is 23.8 Å². The Morgan fingerprint density at radius 3 is 2.22 bits per heavy atom. The van der Waals surface area contributed by atoms with Crippen LogP contribution in [0.2, 0.25) is 0 Å².